The zero-order chi connectivity index (χ0) is 27.0. The molecular weight excluding hydrogens is 506 g/mol. The molecule has 5 rings (SSSR count). The van der Waals surface area contributed by atoms with Crippen molar-refractivity contribution >= 4 is 21.1 Å². The zero-order valence-corrected chi connectivity index (χ0v) is 23.1. The van der Waals surface area contributed by atoms with Crippen LogP contribution in [0.4, 0.5) is 0 Å². The lowest BCUT2D eigenvalue weighted by atomic mass is 9.69. The Morgan fingerprint density at radius 2 is 1.92 bits per heavy atom. The summed E-state index contributed by atoms with van der Waals surface area (Å²) in [6, 6.07) is 4.75. The Balaban J connectivity index is 1.40. The van der Waals surface area contributed by atoms with Crippen molar-refractivity contribution in [1.82, 2.24) is 24.1 Å². The number of nitrogens with one attached hydrogen (secondary N) is 1. The molecule has 206 valence electrons. The molecule has 1 aliphatic heterocycles. The van der Waals surface area contributed by atoms with E-state index in [-0.39, 0.29) is 22.9 Å². The van der Waals surface area contributed by atoms with Crippen LogP contribution in [0.15, 0.2) is 27.9 Å². The Morgan fingerprint density at radius 1 is 1.16 bits per heavy atom. The third kappa shape index (κ3) is 4.99. The number of nitrogens with zero attached hydrogens (tertiary/aromatic N) is 4. The molecule has 3 heterocycles. The Labute approximate surface area is 223 Å². The summed E-state index contributed by atoms with van der Waals surface area (Å²) in [5, 5.41) is 13.6. The minimum Gasteiger partial charge on any atom is -0.493 e. The van der Waals surface area contributed by atoms with Crippen molar-refractivity contribution in [2.24, 2.45) is 24.8 Å². The van der Waals surface area contributed by atoms with Gasteiger partial charge >= 0.3 is 0 Å². The van der Waals surface area contributed by atoms with E-state index in [9.17, 15) is 13.2 Å². The Kier molecular flexibility index (Phi) is 7.61. The highest BCUT2D eigenvalue weighted by molar-refractivity contribution is 7.89. The number of aromatic nitrogens is 4. The third-order valence-corrected chi connectivity index (χ3v) is 9.68. The molecule has 1 aliphatic carbocycles. The van der Waals surface area contributed by atoms with Crippen LogP contribution in [0.25, 0.3) is 22.4 Å². The fourth-order valence-corrected chi connectivity index (χ4v) is 7.51. The van der Waals surface area contributed by atoms with Gasteiger partial charge < -0.3 is 14.8 Å². The van der Waals surface area contributed by atoms with Gasteiger partial charge in [0.15, 0.2) is 5.52 Å². The van der Waals surface area contributed by atoms with Crippen LogP contribution >= 0.6 is 0 Å². The Morgan fingerprint density at radius 3 is 2.61 bits per heavy atom. The average molecular weight is 544 g/mol. The average Bonchev–Trinajstić information content (AvgIpc) is 3.15. The van der Waals surface area contributed by atoms with Crippen LogP contribution in [0.3, 0.4) is 0 Å². The number of aliphatic hydroxyl groups excluding tert-OH is 1. The molecule has 2 aliphatic rings. The lowest BCUT2D eigenvalue weighted by molar-refractivity contribution is 0.0891. The normalized spacial score (nSPS) is 20.4. The summed E-state index contributed by atoms with van der Waals surface area (Å²) in [6.45, 7) is 5.55. The maximum atomic E-state index is 13.5. The van der Waals surface area contributed by atoms with E-state index in [1.807, 2.05) is 13.8 Å². The lowest BCUT2D eigenvalue weighted by Gasteiger charge is -2.43. The van der Waals surface area contributed by atoms with Crippen molar-refractivity contribution in [2.45, 2.75) is 57.3 Å². The van der Waals surface area contributed by atoms with Gasteiger partial charge in [0.05, 0.1) is 22.8 Å². The topological polar surface area (TPSA) is 130 Å². The van der Waals surface area contributed by atoms with E-state index in [2.05, 4.69) is 10.1 Å². The van der Waals surface area contributed by atoms with Crippen LogP contribution in [0.2, 0.25) is 0 Å². The summed E-state index contributed by atoms with van der Waals surface area (Å²) in [7, 11) is -1.98. The number of aryl methyl sites for hydroxylation is 2. The summed E-state index contributed by atoms with van der Waals surface area (Å²) in [5.74, 6) is 2.35. The maximum absolute atomic E-state index is 13.5. The SMILES string of the molecule is CCCc1nn(C)c2c(=O)[nH]c(-c3cc(S(=O)(=O)N4CC(CC5CC(CCO)C5)C4)ccc3OCC)nc12. The highest BCUT2D eigenvalue weighted by Crippen LogP contribution is 2.42. The first-order chi connectivity index (χ1) is 18.2. The molecule has 10 nitrogen and oxygen atoms in total. The van der Waals surface area contributed by atoms with Crippen molar-refractivity contribution in [3.8, 4) is 17.1 Å². The maximum Gasteiger partial charge on any atom is 0.277 e. The van der Waals surface area contributed by atoms with E-state index >= 15 is 0 Å². The number of ether oxygens (including phenoxy) is 1. The summed E-state index contributed by atoms with van der Waals surface area (Å²) >= 11 is 0. The van der Waals surface area contributed by atoms with Gasteiger partial charge in [0.2, 0.25) is 10.0 Å². The molecule has 0 atom stereocenters. The number of aliphatic hydroxyl groups is 1. The molecule has 1 saturated carbocycles. The first kappa shape index (κ1) is 26.8. The molecule has 0 bridgehead atoms. The van der Waals surface area contributed by atoms with Gasteiger partial charge in [-0.2, -0.15) is 9.40 Å². The number of rotatable bonds is 11. The number of fused-ring (bicyclic) bond motifs is 1. The van der Waals surface area contributed by atoms with Crippen LogP contribution in [0, 0.1) is 17.8 Å². The number of H-pyrrole nitrogens is 1. The van der Waals surface area contributed by atoms with Gasteiger partial charge in [0.1, 0.15) is 17.1 Å². The number of hydrogen-bond acceptors (Lipinski definition) is 7. The Hall–Kier alpha value is -2.76. The van der Waals surface area contributed by atoms with E-state index in [1.54, 1.807) is 25.2 Å². The lowest BCUT2D eigenvalue weighted by Crippen LogP contribution is -2.50. The van der Waals surface area contributed by atoms with E-state index in [4.69, 9.17) is 14.8 Å². The number of sulfonamides is 1. The van der Waals surface area contributed by atoms with Crippen molar-refractivity contribution in [3.63, 3.8) is 0 Å². The van der Waals surface area contributed by atoms with Crippen LogP contribution < -0.4 is 10.3 Å². The second-order valence-corrected chi connectivity index (χ2v) is 12.6. The molecule has 2 N–H and O–H groups in total. The number of hydrogen-bond donors (Lipinski definition) is 2. The summed E-state index contributed by atoms with van der Waals surface area (Å²) < 4.78 is 35.8. The molecule has 0 spiro atoms. The quantitative estimate of drug-likeness (QED) is 0.380. The second-order valence-electron chi connectivity index (χ2n) is 10.7. The van der Waals surface area contributed by atoms with Crippen molar-refractivity contribution in [3.05, 3.63) is 34.2 Å². The molecular formula is C27H37N5O5S. The third-order valence-electron chi connectivity index (χ3n) is 7.85. The van der Waals surface area contributed by atoms with E-state index in [1.165, 1.54) is 8.99 Å². The monoisotopic (exact) mass is 543 g/mol. The van der Waals surface area contributed by atoms with Crippen LogP contribution in [0.1, 0.15) is 51.6 Å². The summed E-state index contributed by atoms with van der Waals surface area (Å²) in [6.07, 6.45) is 5.72. The van der Waals surface area contributed by atoms with Crippen molar-refractivity contribution < 1.29 is 18.3 Å². The molecule has 0 radical (unpaired) electrons. The van der Waals surface area contributed by atoms with E-state index in [0.29, 0.717) is 66.2 Å². The molecule has 1 saturated heterocycles. The van der Waals surface area contributed by atoms with Crippen LogP contribution in [-0.2, 0) is 23.5 Å². The van der Waals surface area contributed by atoms with Crippen molar-refractivity contribution in [2.75, 3.05) is 26.3 Å². The number of aromatic amines is 1. The highest BCUT2D eigenvalue weighted by Gasteiger charge is 2.40. The molecule has 2 aromatic heterocycles. The minimum atomic E-state index is -3.70. The minimum absolute atomic E-state index is 0.156. The second kappa shape index (κ2) is 10.8. The van der Waals surface area contributed by atoms with Gasteiger partial charge in [-0.15, -0.1) is 0 Å². The van der Waals surface area contributed by atoms with Gasteiger partial charge in [-0.1, -0.05) is 13.3 Å². The molecule has 1 aromatic carbocycles. The molecule has 38 heavy (non-hydrogen) atoms. The van der Waals surface area contributed by atoms with Crippen LogP contribution in [-0.4, -0.2) is 63.9 Å². The summed E-state index contributed by atoms with van der Waals surface area (Å²) in [5.41, 5.74) is 1.74. The molecule has 0 unspecified atom stereocenters. The molecule has 2 fully saturated rings. The predicted octanol–water partition coefficient (Wildman–Crippen LogP) is 3.09. The zero-order valence-electron chi connectivity index (χ0n) is 22.3. The fraction of sp³-hybridized carbons (Fsp3) is 0.593. The van der Waals surface area contributed by atoms with Gasteiger partial charge in [0.25, 0.3) is 5.56 Å². The van der Waals surface area contributed by atoms with E-state index < -0.39 is 10.0 Å². The number of benzene rings is 1. The van der Waals surface area contributed by atoms with Gasteiger partial charge in [-0.05, 0) is 75.0 Å². The molecule has 11 heteroatoms. The first-order valence-electron chi connectivity index (χ1n) is 13.6. The molecule has 0 amide bonds. The predicted molar refractivity (Wildman–Crippen MR) is 145 cm³/mol. The standard InChI is InChI=1S/C27H37N5O5S/c1-4-6-22-24-25(31(3)30-22)27(34)29-26(28-24)21-14-20(7-8-23(21)37-5-2)38(35,36)32-15-19(16-32)13-18-11-17(12-18)9-10-33/h7-8,14,17-19,33H,4-6,9-13,15-16H2,1-3H3,(H,28,29,34). The van der Waals surface area contributed by atoms with Gasteiger partial charge in [0, 0.05) is 26.7 Å². The fourth-order valence-electron chi connectivity index (χ4n) is 5.89. The smallest absolute Gasteiger partial charge is 0.277 e. The highest BCUT2D eigenvalue weighted by atomic mass is 32.2. The van der Waals surface area contributed by atoms with Gasteiger partial charge in [-0.3, -0.25) is 9.48 Å². The Bertz CT molecular complexity index is 1470. The first-order valence-corrected chi connectivity index (χ1v) is 15.0. The van der Waals surface area contributed by atoms with Crippen molar-refractivity contribution in [1.29, 1.82) is 0 Å². The van der Waals surface area contributed by atoms with E-state index in [0.717, 1.165) is 37.8 Å². The van der Waals surface area contributed by atoms with Gasteiger partial charge in [-0.25, -0.2) is 13.4 Å². The summed E-state index contributed by atoms with van der Waals surface area (Å²) in [4.78, 5) is 20.7. The van der Waals surface area contributed by atoms with Crippen LogP contribution in [0.5, 0.6) is 5.75 Å². The largest absolute Gasteiger partial charge is 0.493 e. The molecule has 3 aromatic rings.